The minimum Gasteiger partial charge on any atom is -0.474 e. The number of ether oxygens (including phenoxy) is 2. The van der Waals surface area contributed by atoms with Gasteiger partial charge in [-0.3, -0.25) is 29.0 Å². The van der Waals surface area contributed by atoms with Gasteiger partial charge in [0.25, 0.3) is 5.56 Å². The average Bonchev–Trinajstić information content (AvgIpc) is 3.91. The molecule has 3 fully saturated rings. The number of fused-ring (bicyclic) bond motifs is 2. The molecule has 1 aliphatic carbocycles. The van der Waals surface area contributed by atoms with Crippen LogP contribution in [0.4, 0.5) is 5.95 Å². The van der Waals surface area contributed by atoms with Crippen LogP contribution in [0.15, 0.2) is 23.4 Å². The molecule has 1 unspecified atom stereocenters. The number of aromatic nitrogens is 7. The van der Waals surface area contributed by atoms with E-state index in [4.69, 9.17) is 52.3 Å². The van der Waals surface area contributed by atoms with E-state index in [1.165, 1.54) is 17.2 Å². The summed E-state index contributed by atoms with van der Waals surface area (Å²) in [4.78, 5) is 51.2. The quantitative estimate of drug-likeness (QED) is 0.0712. The number of nitrogens with one attached hydrogen (secondary N) is 2. The Hall–Kier alpha value is -2.93. The smallest absolute Gasteiger partial charge is 0.335 e. The second-order valence-electron chi connectivity index (χ2n) is 17.9. The molecule has 0 radical (unpaired) electrons. The van der Waals surface area contributed by atoms with Gasteiger partial charge in [0, 0.05) is 30.5 Å². The van der Waals surface area contributed by atoms with Gasteiger partial charge < -0.3 is 40.9 Å². The molecule has 3 aromatic rings. The van der Waals surface area contributed by atoms with Crippen LogP contribution in [-0.4, -0.2) is 113 Å². The average molecular weight is 1000 g/mol. The van der Waals surface area contributed by atoms with Crippen LogP contribution in [0.3, 0.4) is 0 Å². The van der Waals surface area contributed by atoms with E-state index in [1.54, 1.807) is 19.9 Å². The van der Waals surface area contributed by atoms with Crippen LogP contribution in [-0.2, 0) is 57.0 Å². The first-order valence-electron chi connectivity index (χ1n) is 21.8. The first-order valence-corrected chi connectivity index (χ1v) is 29.6. The Morgan fingerprint density at radius 2 is 1.82 bits per heavy atom. The maximum absolute atomic E-state index is 13.4. The fourth-order valence-electron chi connectivity index (χ4n) is 8.50. The van der Waals surface area contributed by atoms with Crippen LogP contribution in [0, 0.1) is 23.2 Å². The molecule has 0 bridgehead atoms. The number of carbonyl (C=O) groups is 1. The molecule has 27 heteroatoms. The third-order valence-corrected chi connectivity index (χ3v) is 24.9. The second kappa shape index (κ2) is 21.6. The maximum atomic E-state index is 13.4. The summed E-state index contributed by atoms with van der Waals surface area (Å²) in [5, 5.41) is 20.7. The zero-order valence-electron chi connectivity index (χ0n) is 38.2. The van der Waals surface area contributed by atoms with Crippen molar-refractivity contribution in [1.29, 1.82) is 5.26 Å². The molecule has 5 heterocycles. The minimum absolute atomic E-state index is 0.0226. The zero-order chi connectivity index (χ0) is 47.4. The van der Waals surface area contributed by atoms with Crippen molar-refractivity contribution in [2.75, 3.05) is 25.1 Å². The van der Waals surface area contributed by atoms with Crippen LogP contribution < -0.4 is 15.6 Å². The monoisotopic (exact) mass is 1000 g/mol. The molecule has 1 saturated carbocycles. The van der Waals surface area contributed by atoms with Crippen LogP contribution in [0.1, 0.15) is 94.7 Å². The van der Waals surface area contributed by atoms with Gasteiger partial charge in [0.2, 0.25) is 17.7 Å². The van der Waals surface area contributed by atoms with E-state index >= 15 is 0 Å². The molecule has 3 aliphatic rings. The summed E-state index contributed by atoms with van der Waals surface area (Å²) in [6.07, 6.45) is -2.15. The summed E-state index contributed by atoms with van der Waals surface area (Å²) < 4.78 is 73.4. The molecular weight excluding hydrogens is 941 g/mol. The van der Waals surface area contributed by atoms with E-state index in [1.807, 2.05) is 0 Å². The Labute approximate surface area is 385 Å². The lowest BCUT2D eigenvalue weighted by Gasteiger charge is -2.51. The van der Waals surface area contributed by atoms with Gasteiger partial charge in [0.05, 0.1) is 38.4 Å². The molecule has 360 valence electrons. The van der Waals surface area contributed by atoms with Crippen LogP contribution in [0.25, 0.3) is 11.2 Å². The van der Waals surface area contributed by atoms with E-state index in [2.05, 4.69) is 97.0 Å². The zero-order valence-corrected chi connectivity index (χ0v) is 42.9. The Bertz CT molecular complexity index is 2270. The van der Waals surface area contributed by atoms with Crippen molar-refractivity contribution in [2.24, 2.45) is 11.8 Å². The molecular formula is C38H61N9O13P2SSi2. The summed E-state index contributed by atoms with van der Waals surface area (Å²) in [5.74, 6) is -1.16. The third-order valence-electron chi connectivity index (χ3n) is 11.8. The Morgan fingerprint density at radius 3 is 2.43 bits per heavy atom. The van der Waals surface area contributed by atoms with Gasteiger partial charge in [-0.05, 0) is 40.4 Å². The summed E-state index contributed by atoms with van der Waals surface area (Å²) in [6.45, 7) is 15.8. The molecule has 2 aliphatic heterocycles. The van der Waals surface area contributed by atoms with Crippen molar-refractivity contribution >= 4 is 66.9 Å². The van der Waals surface area contributed by atoms with Gasteiger partial charge in [-0.2, -0.15) is 14.9 Å². The minimum atomic E-state index is -3.97. The van der Waals surface area contributed by atoms with Gasteiger partial charge in [0.15, 0.2) is 17.4 Å². The van der Waals surface area contributed by atoms with Crippen LogP contribution >= 0.6 is 15.0 Å². The number of amides is 1. The van der Waals surface area contributed by atoms with Crippen molar-refractivity contribution < 1.29 is 54.8 Å². The van der Waals surface area contributed by atoms with Gasteiger partial charge in [0.1, 0.15) is 30.7 Å². The lowest BCUT2D eigenvalue weighted by Crippen LogP contribution is -2.65. The second-order valence-corrected chi connectivity index (χ2v) is 30.5. The molecule has 9 atom stereocenters. The number of aromatic amines is 1. The molecule has 0 spiro atoms. The van der Waals surface area contributed by atoms with Crippen molar-refractivity contribution in [1.82, 2.24) is 34.9 Å². The third kappa shape index (κ3) is 11.5. The fourth-order valence-corrected chi connectivity index (χ4v) is 22.4. The van der Waals surface area contributed by atoms with E-state index < -0.39 is 86.2 Å². The number of hydrogen-bond acceptors (Lipinski definition) is 19. The fraction of sp³-hybridized carbons (Fsp3) is 0.737. The summed E-state index contributed by atoms with van der Waals surface area (Å²) in [5.41, 5.74) is -1.00. The SMILES string of the molecule is CC(C)C(=O)Nc1nc2c(nnn2[C@@H]2O[C@@H]3CO[Si](C(C)C)(C(C)C)O[Si](C(C)C)(C(C)C)O[C@H]3[C@H]2O[P@](=S)(OCCC#N)OC[C@H]2C[C@@H](Oc3ccncn3)C[C@@H]2O[PH](=O)O)c(=O)[nH]1. The molecule has 2 saturated heterocycles. The predicted octanol–water partition coefficient (Wildman–Crippen LogP) is 5.93. The highest BCUT2D eigenvalue weighted by Crippen LogP contribution is 2.57. The van der Waals surface area contributed by atoms with Crippen LogP contribution in [0.2, 0.25) is 22.2 Å². The molecule has 1 amide bonds. The Morgan fingerprint density at radius 1 is 1.11 bits per heavy atom. The number of nitriles is 1. The van der Waals surface area contributed by atoms with Crippen molar-refractivity contribution in [3.8, 4) is 11.9 Å². The molecule has 65 heavy (non-hydrogen) atoms. The molecule has 3 aromatic heterocycles. The number of H-pyrrole nitrogens is 1. The Kier molecular flexibility index (Phi) is 17.1. The number of hydrogen-bond donors (Lipinski definition) is 3. The number of carbonyl (C=O) groups excluding carboxylic acids is 1. The lowest BCUT2D eigenvalue weighted by molar-refractivity contribution is -0.118. The summed E-state index contributed by atoms with van der Waals surface area (Å²) in [7, 11) is -9.80. The number of rotatable bonds is 19. The van der Waals surface area contributed by atoms with E-state index in [9.17, 15) is 24.3 Å². The molecule has 6 rings (SSSR count). The van der Waals surface area contributed by atoms with E-state index in [-0.39, 0.29) is 77.8 Å². The van der Waals surface area contributed by atoms with E-state index in [0.717, 1.165) is 0 Å². The largest absolute Gasteiger partial charge is 0.474 e. The molecule has 0 aromatic carbocycles. The number of nitrogens with zero attached hydrogens (tertiary/aromatic N) is 7. The maximum Gasteiger partial charge on any atom is 0.335 e. The van der Waals surface area contributed by atoms with Gasteiger partial charge in [-0.15, -0.1) is 5.10 Å². The predicted molar refractivity (Wildman–Crippen MR) is 244 cm³/mol. The van der Waals surface area contributed by atoms with Gasteiger partial charge in [-0.1, -0.05) is 74.5 Å². The van der Waals surface area contributed by atoms with Crippen molar-refractivity contribution in [2.45, 2.75) is 147 Å². The first kappa shape index (κ1) is 51.5. The highest BCUT2D eigenvalue weighted by atomic mass is 32.5. The standard InChI is InChI=1S/C38H61N9O13P2SSi2/c1-21(2)35(48)43-38-42-34-31(36(49)44-38)45-46-47(34)37-33(32-29(56-37)19-54-64(22(3)4,23(5)6)60-65(59-32,24(7)8)25(9)10)58-62(63,52-15-11-13-39)53-18-26-16-27(17-28(26)57-61(50)51)55-30-12-14-40-20-41-30/h12,14,20-29,32-33,37,61H,11,15-19H2,1-10H3,(H,50,51)(H2,42,43,44,48,49)/t26-,27-,28+,29-,32-,33-,37-,62+/m1/s1. The topological polar surface area (TPSA) is 276 Å². The number of anilines is 1. The highest BCUT2D eigenvalue weighted by Gasteiger charge is 2.63. The Balaban J connectivity index is 1.44. The normalized spacial score (nSPS) is 26.8. The summed E-state index contributed by atoms with van der Waals surface area (Å²) >= 11 is 6.18. The molecule has 22 nitrogen and oxygen atoms in total. The van der Waals surface area contributed by atoms with Crippen molar-refractivity contribution in [3.05, 3.63) is 28.9 Å². The van der Waals surface area contributed by atoms with Crippen LogP contribution in [0.5, 0.6) is 5.88 Å². The lowest BCUT2D eigenvalue weighted by atomic mass is 10.1. The van der Waals surface area contributed by atoms with Crippen molar-refractivity contribution in [3.63, 3.8) is 0 Å². The summed E-state index contributed by atoms with van der Waals surface area (Å²) in [6, 6.07) is 3.66. The molecule has 3 N–H and O–H groups in total. The van der Waals surface area contributed by atoms with E-state index in [0.29, 0.717) is 12.3 Å². The first-order chi connectivity index (χ1) is 30.7. The van der Waals surface area contributed by atoms with Gasteiger partial charge in [-0.25, -0.2) is 9.97 Å². The van der Waals surface area contributed by atoms with Gasteiger partial charge >= 0.3 is 32.1 Å². The highest BCUT2D eigenvalue weighted by molar-refractivity contribution is 8.07.